The molecule has 4 N–H and O–H groups in total. The fraction of sp³-hybridized carbons (Fsp3) is 0.522. The molecule has 0 aliphatic carbocycles. The maximum Gasteiger partial charge on any atom is 0.429 e. The first-order chi connectivity index (χ1) is 16.9. The zero-order valence-electron chi connectivity index (χ0n) is 19.4. The van der Waals surface area contributed by atoms with Crippen LogP contribution in [0.25, 0.3) is 0 Å². The van der Waals surface area contributed by atoms with Gasteiger partial charge in [0.2, 0.25) is 17.9 Å². The minimum atomic E-state index is -4.73. The van der Waals surface area contributed by atoms with E-state index in [0.717, 1.165) is 19.3 Å². The monoisotopic (exact) mass is 635 g/mol. The second-order valence-electron chi connectivity index (χ2n) is 9.17. The van der Waals surface area contributed by atoms with Crippen molar-refractivity contribution in [2.75, 3.05) is 23.7 Å². The zero-order valence-corrected chi connectivity index (χ0v) is 22.5. The molecule has 2 saturated heterocycles. The molecule has 4 rings (SSSR count). The maximum absolute atomic E-state index is 14.0. The minimum Gasteiger partial charge on any atom is -0.480 e. The Bertz CT molecular complexity index is 1110. The van der Waals surface area contributed by atoms with Crippen molar-refractivity contribution in [2.24, 2.45) is 5.41 Å². The average Bonchev–Trinajstić information content (AvgIpc) is 3.16. The van der Waals surface area contributed by atoms with Crippen LogP contribution < -0.4 is 20.7 Å². The van der Waals surface area contributed by atoms with Crippen LogP contribution in [0.5, 0.6) is 5.88 Å². The third-order valence-corrected chi connectivity index (χ3v) is 8.43. The van der Waals surface area contributed by atoms with Gasteiger partial charge in [-0.2, -0.15) is 23.1 Å². The fourth-order valence-electron chi connectivity index (χ4n) is 5.29. The highest BCUT2D eigenvalue weighted by atomic mass is 79.9. The summed E-state index contributed by atoms with van der Waals surface area (Å²) in [6.07, 6.45) is -4.23. The predicted octanol–water partition coefficient (Wildman–Crippen LogP) is 5.08. The number of piperidine rings is 1. The van der Waals surface area contributed by atoms with E-state index in [1.807, 2.05) is 11.8 Å². The summed E-state index contributed by atoms with van der Waals surface area (Å²) in [5.74, 6) is -0.972. The van der Waals surface area contributed by atoms with E-state index in [0.29, 0.717) is 25.3 Å². The molecule has 1 spiro atoms. The Labute approximate surface area is 223 Å². The smallest absolute Gasteiger partial charge is 0.429 e. The number of carboxylic acids is 1. The van der Waals surface area contributed by atoms with Gasteiger partial charge in [-0.25, -0.2) is 0 Å². The van der Waals surface area contributed by atoms with Crippen molar-refractivity contribution in [3.8, 4) is 5.88 Å². The van der Waals surface area contributed by atoms with Crippen molar-refractivity contribution in [3.63, 3.8) is 0 Å². The number of nitrogens with zero attached hydrogens (tertiary/aromatic N) is 3. The maximum atomic E-state index is 14.0. The SMILES string of the molecule is CCC1NC(C(=O)O)CC12CCN(c1cc(O[C@H](c3c(Br)cccc3Br)C(F)(F)F)nc(N)n1)CC2. The number of halogens is 5. The Morgan fingerprint density at radius 2 is 1.94 bits per heavy atom. The number of hydrogen-bond acceptors (Lipinski definition) is 7. The first-order valence-electron chi connectivity index (χ1n) is 11.5. The Kier molecular flexibility index (Phi) is 7.73. The van der Waals surface area contributed by atoms with Crippen molar-refractivity contribution >= 4 is 49.6 Å². The first kappa shape index (κ1) is 26.9. The van der Waals surface area contributed by atoms with E-state index in [-0.39, 0.29) is 37.8 Å². The van der Waals surface area contributed by atoms with Crippen molar-refractivity contribution in [2.45, 2.75) is 57.0 Å². The number of carbonyl (C=O) groups is 1. The van der Waals surface area contributed by atoms with Crippen molar-refractivity contribution in [1.82, 2.24) is 15.3 Å². The van der Waals surface area contributed by atoms with Crippen LogP contribution in [0, 0.1) is 5.41 Å². The van der Waals surface area contributed by atoms with Gasteiger partial charge in [-0.1, -0.05) is 44.8 Å². The number of carboxylic acid groups (broad SMARTS) is 1. The average molecular weight is 637 g/mol. The lowest BCUT2D eigenvalue weighted by Crippen LogP contribution is -2.46. The number of aliphatic carboxylic acids is 1. The number of rotatable bonds is 6. The lowest BCUT2D eigenvalue weighted by atomic mass is 9.71. The van der Waals surface area contributed by atoms with Gasteiger partial charge in [-0.15, -0.1) is 0 Å². The van der Waals surface area contributed by atoms with Crippen LogP contribution in [0.4, 0.5) is 24.9 Å². The summed E-state index contributed by atoms with van der Waals surface area (Å²) < 4.78 is 48.0. The van der Waals surface area contributed by atoms with Gasteiger partial charge in [-0.3, -0.25) is 4.79 Å². The number of hydrogen-bond donors (Lipinski definition) is 3. The summed E-state index contributed by atoms with van der Waals surface area (Å²) in [6, 6.07) is 5.49. The molecule has 8 nitrogen and oxygen atoms in total. The van der Waals surface area contributed by atoms with E-state index in [1.54, 1.807) is 6.07 Å². The van der Waals surface area contributed by atoms with Gasteiger partial charge in [0.1, 0.15) is 11.9 Å². The third-order valence-electron chi connectivity index (χ3n) is 7.05. The number of nitrogen functional groups attached to an aromatic ring is 1. The Morgan fingerprint density at radius 1 is 1.31 bits per heavy atom. The van der Waals surface area contributed by atoms with Crippen molar-refractivity contribution in [3.05, 3.63) is 38.8 Å². The molecule has 1 aromatic heterocycles. The highest BCUT2D eigenvalue weighted by Crippen LogP contribution is 2.46. The largest absolute Gasteiger partial charge is 0.480 e. The van der Waals surface area contributed by atoms with Crippen LogP contribution in [-0.2, 0) is 4.79 Å². The molecular formula is C23H26Br2F3N5O3. The summed E-state index contributed by atoms with van der Waals surface area (Å²) in [4.78, 5) is 21.6. The number of ether oxygens (including phenoxy) is 1. The predicted molar refractivity (Wildman–Crippen MR) is 135 cm³/mol. The summed E-state index contributed by atoms with van der Waals surface area (Å²) in [7, 11) is 0. The van der Waals surface area contributed by atoms with Crippen LogP contribution in [0.1, 0.15) is 44.3 Å². The summed E-state index contributed by atoms with van der Waals surface area (Å²) in [5, 5.41) is 12.7. The Hall–Kier alpha value is -2.12. The second-order valence-corrected chi connectivity index (χ2v) is 10.9. The van der Waals surface area contributed by atoms with E-state index in [2.05, 4.69) is 47.1 Å². The molecule has 0 radical (unpaired) electrons. The van der Waals surface area contributed by atoms with Gasteiger partial charge in [0, 0.05) is 39.7 Å². The number of benzene rings is 1. The van der Waals surface area contributed by atoms with Gasteiger partial charge >= 0.3 is 12.1 Å². The van der Waals surface area contributed by atoms with Crippen LogP contribution in [0.3, 0.4) is 0 Å². The number of aromatic nitrogens is 2. The van der Waals surface area contributed by atoms with E-state index < -0.39 is 24.3 Å². The van der Waals surface area contributed by atoms with Crippen molar-refractivity contribution < 1.29 is 27.8 Å². The number of nitrogens with two attached hydrogens (primary N) is 1. The molecule has 0 bridgehead atoms. The van der Waals surface area contributed by atoms with Gasteiger partial charge in [0.05, 0.1) is 0 Å². The molecule has 2 aliphatic rings. The molecule has 13 heteroatoms. The molecule has 2 aliphatic heterocycles. The Morgan fingerprint density at radius 3 is 2.50 bits per heavy atom. The van der Waals surface area contributed by atoms with Gasteiger partial charge in [-0.05, 0) is 43.2 Å². The summed E-state index contributed by atoms with van der Waals surface area (Å²) in [5.41, 5.74) is 5.59. The third kappa shape index (κ3) is 5.42. The van der Waals surface area contributed by atoms with E-state index >= 15 is 0 Å². The van der Waals surface area contributed by atoms with Crippen LogP contribution in [0.2, 0.25) is 0 Å². The van der Waals surface area contributed by atoms with Crippen LogP contribution in [0.15, 0.2) is 33.2 Å². The quantitative estimate of drug-likeness (QED) is 0.403. The van der Waals surface area contributed by atoms with Crippen LogP contribution >= 0.6 is 31.9 Å². The lowest BCUT2D eigenvalue weighted by Gasteiger charge is -2.43. The molecule has 36 heavy (non-hydrogen) atoms. The van der Waals surface area contributed by atoms with E-state index in [9.17, 15) is 23.1 Å². The number of nitrogens with one attached hydrogen (secondary N) is 1. The molecule has 2 fully saturated rings. The molecule has 2 aromatic rings. The molecule has 196 valence electrons. The van der Waals surface area contributed by atoms with E-state index in [4.69, 9.17) is 10.5 Å². The highest BCUT2D eigenvalue weighted by molar-refractivity contribution is 9.11. The molecule has 1 aromatic carbocycles. The summed E-state index contributed by atoms with van der Waals surface area (Å²) >= 11 is 6.36. The standard InChI is InChI=1S/C23H26Br2F3N5O3/c1-2-15-22(11-14(30-15)20(34)35)6-8-33(9-7-22)16-10-17(32-21(29)31-16)36-19(23(26,27)28)18-12(24)4-3-5-13(18)25/h3-5,10,14-15,19,30H,2,6-9,11H2,1H3,(H,34,35)(H2,29,31,32)/t14?,15?,19-/m1/s1. The molecule has 0 saturated carbocycles. The number of alkyl halides is 3. The fourth-order valence-corrected chi connectivity index (χ4v) is 6.71. The van der Waals surface area contributed by atoms with Gasteiger partial charge < -0.3 is 25.8 Å². The highest BCUT2D eigenvalue weighted by Gasteiger charge is 2.50. The first-order valence-corrected chi connectivity index (χ1v) is 13.1. The molecule has 0 amide bonds. The van der Waals surface area contributed by atoms with Gasteiger partial charge in [0.25, 0.3) is 0 Å². The Balaban J connectivity index is 1.56. The zero-order chi connectivity index (χ0) is 26.3. The second kappa shape index (κ2) is 10.3. The van der Waals surface area contributed by atoms with Crippen molar-refractivity contribution in [1.29, 1.82) is 0 Å². The lowest BCUT2D eigenvalue weighted by molar-refractivity contribution is -0.199. The normalized spacial score (nSPS) is 22.6. The van der Waals surface area contributed by atoms with Crippen LogP contribution in [-0.4, -0.2) is 52.4 Å². The molecule has 3 atom stereocenters. The number of anilines is 2. The summed E-state index contributed by atoms with van der Waals surface area (Å²) in [6.45, 7) is 3.14. The minimum absolute atomic E-state index is 0.0884. The topological polar surface area (TPSA) is 114 Å². The van der Waals surface area contributed by atoms with Gasteiger partial charge in [0.15, 0.2) is 0 Å². The molecule has 3 heterocycles. The molecular weight excluding hydrogens is 611 g/mol. The van der Waals surface area contributed by atoms with E-state index in [1.165, 1.54) is 18.2 Å². The molecule has 2 unspecified atom stereocenters.